The topological polar surface area (TPSA) is 55.8 Å². The van der Waals surface area contributed by atoms with Crippen LogP contribution in [-0.4, -0.2) is 45.5 Å². The van der Waals surface area contributed by atoms with Crippen LogP contribution >= 0.6 is 11.8 Å². The standard InChI is InChI=1S/C23H28O4SSe/c1-4-28-16(2)19-11-8-12-20(26-3)21(19)29-15-23(18-9-6-5-7-10-18)13-17(14-27-23)22(24)25/h5-12,16-17H,4,13-15H2,1-3H3,(H,24,25)/t16-,17-,23+/m1/s1. The molecule has 0 amide bonds. The van der Waals surface area contributed by atoms with Crippen molar-refractivity contribution >= 4 is 37.1 Å². The van der Waals surface area contributed by atoms with Gasteiger partial charge in [0.15, 0.2) is 0 Å². The third-order valence-electron chi connectivity index (χ3n) is 5.32. The van der Waals surface area contributed by atoms with Gasteiger partial charge in [0.05, 0.1) is 0 Å². The molecule has 1 N–H and O–H groups in total. The van der Waals surface area contributed by atoms with Crippen molar-refractivity contribution in [3.05, 3.63) is 59.7 Å². The molecule has 0 bridgehead atoms. The summed E-state index contributed by atoms with van der Waals surface area (Å²) in [5, 5.41) is 10.7. The number of hydrogen-bond acceptors (Lipinski definition) is 4. The van der Waals surface area contributed by atoms with Gasteiger partial charge >= 0.3 is 184 Å². The molecule has 1 aliphatic rings. The molecule has 0 saturated carbocycles. The maximum absolute atomic E-state index is 11.6. The molecule has 29 heavy (non-hydrogen) atoms. The molecule has 1 saturated heterocycles. The van der Waals surface area contributed by atoms with Crippen LogP contribution in [0.25, 0.3) is 0 Å². The molecule has 1 aliphatic heterocycles. The van der Waals surface area contributed by atoms with Crippen molar-refractivity contribution in [3.63, 3.8) is 0 Å². The van der Waals surface area contributed by atoms with E-state index in [0.717, 1.165) is 22.4 Å². The van der Waals surface area contributed by atoms with Crippen LogP contribution in [0.3, 0.4) is 0 Å². The summed E-state index contributed by atoms with van der Waals surface area (Å²) in [6.07, 6.45) is 0.512. The molecule has 2 aromatic rings. The summed E-state index contributed by atoms with van der Waals surface area (Å²) in [4.78, 5) is 11.6. The molecule has 1 heterocycles. The van der Waals surface area contributed by atoms with Crippen molar-refractivity contribution in [2.24, 2.45) is 5.92 Å². The first-order valence-electron chi connectivity index (χ1n) is 9.84. The second kappa shape index (κ2) is 10.0. The molecule has 6 heteroatoms. The van der Waals surface area contributed by atoms with E-state index in [0.29, 0.717) is 11.7 Å². The minimum absolute atomic E-state index is 0.0771. The van der Waals surface area contributed by atoms with Crippen LogP contribution in [0, 0.1) is 5.92 Å². The van der Waals surface area contributed by atoms with Gasteiger partial charge in [-0.2, -0.15) is 0 Å². The van der Waals surface area contributed by atoms with Gasteiger partial charge in [0.1, 0.15) is 0 Å². The average molecular weight is 480 g/mol. The Morgan fingerprint density at radius 2 is 2.07 bits per heavy atom. The molecule has 0 radical (unpaired) electrons. The Morgan fingerprint density at radius 1 is 1.31 bits per heavy atom. The van der Waals surface area contributed by atoms with Crippen molar-refractivity contribution in [2.45, 2.75) is 36.4 Å². The number of rotatable bonds is 9. The summed E-state index contributed by atoms with van der Waals surface area (Å²) in [5.41, 5.74) is 1.83. The number of methoxy groups -OCH3 is 1. The van der Waals surface area contributed by atoms with Crippen LogP contribution < -0.4 is 9.20 Å². The van der Waals surface area contributed by atoms with E-state index in [1.54, 1.807) is 7.11 Å². The predicted octanol–water partition coefficient (Wildman–Crippen LogP) is 4.27. The Bertz CT molecular complexity index is 829. The number of carboxylic acids is 1. The molecule has 0 aromatic heterocycles. The monoisotopic (exact) mass is 480 g/mol. The summed E-state index contributed by atoms with van der Waals surface area (Å²) >= 11 is 2.00. The van der Waals surface area contributed by atoms with Gasteiger partial charge in [0.25, 0.3) is 0 Å². The molecular formula is C23H28O4SSe. The van der Waals surface area contributed by atoms with Crippen molar-refractivity contribution < 1.29 is 19.4 Å². The third kappa shape index (κ3) is 5.00. The molecule has 0 aliphatic carbocycles. The first-order valence-corrected chi connectivity index (χ1v) is 13.0. The van der Waals surface area contributed by atoms with Crippen LogP contribution in [0.15, 0.2) is 48.5 Å². The SMILES string of the molecule is CCS[C@H](C)c1cccc(OC)c1[Se]C[C@]1(c2ccccc2)C[C@@H](C(=O)O)CO1. The number of hydrogen-bond donors (Lipinski definition) is 1. The fourth-order valence-corrected chi connectivity index (χ4v) is 7.85. The maximum atomic E-state index is 11.6. The molecule has 3 atom stereocenters. The van der Waals surface area contributed by atoms with Crippen LogP contribution in [0.2, 0.25) is 5.32 Å². The zero-order valence-electron chi connectivity index (χ0n) is 17.1. The number of carboxylic acid groups (broad SMARTS) is 1. The number of thioether (sulfide) groups is 1. The average Bonchev–Trinajstić information content (AvgIpc) is 3.19. The molecule has 3 rings (SSSR count). The van der Waals surface area contributed by atoms with Gasteiger partial charge in [0, 0.05) is 0 Å². The van der Waals surface area contributed by atoms with Crippen LogP contribution in [0.5, 0.6) is 5.75 Å². The zero-order valence-corrected chi connectivity index (χ0v) is 19.6. The van der Waals surface area contributed by atoms with Gasteiger partial charge in [-0.05, 0) is 0 Å². The molecule has 1 fully saturated rings. The van der Waals surface area contributed by atoms with Crippen LogP contribution in [0.1, 0.15) is 36.6 Å². The second-order valence-electron chi connectivity index (χ2n) is 7.18. The fourth-order valence-electron chi connectivity index (χ4n) is 3.76. The molecule has 4 nitrogen and oxygen atoms in total. The number of benzene rings is 2. The van der Waals surface area contributed by atoms with E-state index in [1.165, 1.54) is 10.0 Å². The van der Waals surface area contributed by atoms with Crippen molar-refractivity contribution in [1.82, 2.24) is 0 Å². The second-order valence-corrected chi connectivity index (χ2v) is 10.9. The van der Waals surface area contributed by atoms with Crippen LogP contribution in [0.4, 0.5) is 0 Å². The van der Waals surface area contributed by atoms with Gasteiger partial charge in [0.2, 0.25) is 0 Å². The Kier molecular flexibility index (Phi) is 7.69. The van der Waals surface area contributed by atoms with Crippen molar-refractivity contribution in [3.8, 4) is 5.75 Å². The van der Waals surface area contributed by atoms with Gasteiger partial charge in [-0.3, -0.25) is 0 Å². The zero-order chi connectivity index (χ0) is 20.9. The van der Waals surface area contributed by atoms with Crippen LogP contribution in [-0.2, 0) is 15.1 Å². The van der Waals surface area contributed by atoms with E-state index >= 15 is 0 Å². The van der Waals surface area contributed by atoms with Crippen molar-refractivity contribution in [2.75, 3.05) is 19.5 Å². The van der Waals surface area contributed by atoms with E-state index in [9.17, 15) is 9.90 Å². The van der Waals surface area contributed by atoms with Gasteiger partial charge in [-0.25, -0.2) is 0 Å². The Labute approximate surface area is 183 Å². The quantitative estimate of drug-likeness (QED) is 0.545. The Hall–Kier alpha value is -1.46. The van der Waals surface area contributed by atoms with Gasteiger partial charge < -0.3 is 0 Å². The van der Waals surface area contributed by atoms with Gasteiger partial charge in [-0.15, -0.1) is 0 Å². The molecule has 0 unspecified atom stereocenters. The summed E-state index contributed by atoms with van der Waals surface area (Å²) in [6.45, 7) is 4.68. The summed E-state index contributed by atoms with van der Waals surface area (Å²) < 4.78 is 13.2. The number of aliphatic carboxylic acids is 1. The minimum atomic E-state index is -0.777. The normalized spacial score (nSPS) is 22.4. The molecule has 2 aromatic carbocycles. The van der Waals surface area contributed by atoms with E-state index in [2.05, 4.69) is 38.1 Å². The predicted molar refractivity (Wildman–Crippen MR) is 120 cm³/mol. The summed E-state index contributed by atoms with van der Waals surface area (Å²) in [5.74, 6) is 0.739. The fraction of sp³-hybridized carbons (Fsp3) is 0.435. The van der Waals surface area contributed by atoms with Crippen molar-refractivity contribution in [1.29, 1.82) is 0 Å². The number of carbonyl (C=O) groups is 1. The Morgan fingerprint density at radius 3 is 2.69 bits per heavy atom. The molecule has 156 valence electrons. The summed E-state index contributed by atoms with van der Waals surface area (Å²) in [7, 11) is 1.72. The summed E-state index contributed by atoms with van der Waals surface area (Å²) in [6, 6.07) is 16.4. The van der Waals surface area contributed by atoms with E-state index in [-0.39, 0.29) is 21.6 Å². The molecule has 0 spiro atoms. The van der Waals surface area contributed by atoms with E-state index in [1.807, 2.05) is 36.0 Å². The van der Waals surface area contributed by atoms with E-state index in [4.69, 9.17) is 9.47 Å². The first kappa shape index (κ1) is 22.2. The third-order valence-corrected chi connectivity index (χ3v) is 9.21. The number of ether oxygens (including phenoxy) is 2. The molecular weight excluding hydrogens is 451 g/mol. The van der Waals surface area contributed by atoms with Gasteiger partial charge in [-0.1, -0.05) is 0 Å². The Balaban J connectivity index is 1.92. The first-order chi connectivity index (χ1) is 14.0. The van der Waals surface area contributed by atoms with E-state index < -0.39 is 17.5 Å².